The molecule has 0 atom stereocenters. The maximum atomic E-state index is 12.8. The van der Waals surface area contributed by atoms with Crippen molar-refractivity contribution in [1.82, 2.24) is 4.98 Å². The Morgan fingerprint density at radius 3 is 2.38 bits per heavy atom. The summed E-state index contributed by atoms with van der Waals surface area (Å²) < 4.78 is 25.7. The van der Waals surface area contributed by atoms with Crippen molar-refractivity contribution in [3.05, 3.63) is 29.6 Å². The van der Waals surface area contributed by atoms with Crippen molar-refractivity contribution in [2.45, 2.75) is 32.6 Å². The third-order valence-corrected chi connectivity index (χ3v) is 1.81. The van der Waals surface area contributed by atoms with Gasteiger partial charge in [0, 0.05) is 12.6 Å². The van der Waals surface area contributed by atoms with Crippen LogP contribution in [0.4, 0.5) is 8.78 Å². The molecular weight excluding hydrogens is 172 g/mol. The van der Waals surface area contributed by atoms with Crippen LogP contribution in [0.5, 0.6) is 0 Å². The molecule has 0 aliphatic rings. The van der Waals surface area contributed by atoms with Crippen LogP contribution >= 0.6 is 0 Å². The maximum absolute atomic E-state index is 12.8. The van der Waals surface area contributed by atoms with Crippen LogP contribution in [0.2, 0.25) is 0 Å². The average molecular weight is 185 g/mol. The molecule has 1 aromatic rings. The van der Waals surface area contributed by atoms with Crippen LogP contribution in [-0.4, -0.2) is 4.98 Å². The summed E-state index contributed by atoms with van der Waals surface area (Å²) >= 11 is 0. The molecule has 0 aliphatic carbocycles. The molecule has 0 spiro atoms. The van der Waals surface area contributed by atoms with E-state index in [4.69, 9.17) is 0 Å². The molecule has 13 heavy (non-hydrogen) atoms. The number of hydrogen-bond acceptors (Lipinski definition) is 1. The van der Waals surface area contributed by atoms with Crippen molar-refractivity contribution in [1.29, 1.82) is 0 Å². The molecule has 0 aromatic carbocycles. The van der Waals surface area contributed by atoms with E-state index in [0.29, 0.717) is 5.69 Å². The summed E-state index contributed by atoms with van der Waals surface area (Å²) in [5.41, 5.74) is 0.553. The van der Waals surface area contributed by atoms with Crippen LogP contribution < -0.4 is 0 Å². The molecule has 0 saturated carbocycles. The number of pyridine rings is 1. The largest absolute Gasteiger partial charge is 0.286 e. The van der Waals surface area contributed by atoms with Crippen molar-refractivity contribution in [3.63, 3.8) is 0 Å². The number of hydrogen-bond donors (Lipinski definition) is 0. The van der Waals surface area contributed by atoms with E-state index in [1.807, 2.05) is 13.8 Å². The first-order chi connectivity index (χ1) is 5.91. The fraction of sp³-hybridized carbons (Fsp3) is 0.500. The second-order valence-corrected chi connectivity index (χ2v) is 3.49. The fourth-order valence-electron chi connectivity index (χ4n) is 1.02. The highest BCUT2D eigenvalue weighted by molar-refractivity contribution is 5.16. The summed E-state index contributed by atoms with van der Waals surface area (Å²) in [5, 5.41) is 0. The van der Waals surface area contributed by atoms with E-state index in [1.54, 1.807) is 12.1 Å². The van der Waals surface area contributed by atoms with Gasteiger partial charge in [0.15, 0.2) is 0 Å². The topological polar surface area (TPSA) is 12.9 Å². The molecule has 0 fully saturated rings. The van der Waals surface area contributed by atoms with Crippen LogP contribution in [0.1, 0.15) is 38.1 Å². The van der Waals surface area contributed by atoms with E-state index in [0.717, 1.165) is 6.92 Å². The maximum Gasteiger partial charge on any atom is 0.286 e. The van der Waals surface area contributed by atoms with Gasteiger partial charge in [0.05, 0.1) is 0 Å². The Hall–Kier alpha value is -0.990. The average Bonchev–Trinajstić information content (AvgIpc) is 2.03. The Balaban J connectivity index is 3.06. The molecule has 0 bridgehead atoms. The van der Waals surface area contributed by atoms with Crippen LogP contribution in [-0.2, 0) is 5.92 Å². The lowest BCUT2D eigenvalue weighted by Gasteiger charge is -2.11. The van der Waals surface area contributed by atoms with Gasteiger partial charge in [-0.15, -0.1) is 0 Å². The highest BCUT2D eigenvalue weighted by Crippen LogP contribution is 2.26. The third-order valence-electron chi connectivity index (χ3n) is 1.81. The van der Waals surface area contributed by atoms with Gasteiger partial charge in [-0.1, -0.05) is 19.9 Å². The summed E-state index contributed by atoms with van der Waals surface area (Å²) in [7, 11) is 0. The molecule has 1 aromatic heterocycles. The Morgan fingerprint density at radius 1 is 1.31 bits per heavy atom. The minimum absolute atomic E-state index is 0.154. The van der Waals surface area contributed by atoms with E-state index in [2.05, 4.69) is 4.98 Å². The van der Waals surface area contributed by atoms with Crippen molar-refractivity contribution in [2.75, 3.05) is 0 Å². The van der Waals surface area contributed by atoms with E-state index in [-0.39, 0.29) is 11.6 Å². The number of rotatable bonds is 2. The Kier molecular flexibility index (Phi) is 2.64. The van der Waals surface area contributed by atoms with Crippen molar-refractivity contribution in [2.24, 2.45) is 0 Å². The second-order valence-electron chi connectivity index (χ2n) is 3.49. The summed E-state index contributed by atoms with van der Waals surface area (Å²) in [6.45, 7) is 4.72. The molecule has 1 heterocycles. The van der Waals surface area contributed by atoms with Gasteiger partial charge in [-0.05, 0) is 18.1 Å². The van der Waals surface area contributed by atoms with Gasteiger partial charge in [0.25, 0.3) is 5.92 Å². The molecule has 0 aliphatic heterocycles. The van der Waals surface area contributed by atoms with Gasteiger partial charge < -0.3 is 0 Å². The number of nitrogens with zero attached hydrogens (tertiary/aromatic N) is 1. The van der Waals surface area contributed by atoms with Crippen molar-refractivity contribution >= 4 is 0 Å². The first-order valence-electron chi connectivity index (χ1n) is 4.26. The van der Waals surface area contributed by atoms with Crippen LogP contribution in [0, 0.1) is 0 Å². The minimum atomic E-state index is -2.84. The molecule has 72 valence electrons. The predicted octanol–water partition coefficient (Wildman–Crippen LogP) is 3.32. The highest BCUT2D eigenvalue weighted by Gasteiger charge is 2.26. The first-order valence-corrected chi connectivity index (χ1v) is 4.26. The van der Waals surface area contributed by atoms with Gasteiger partial charge in [-0.25, -0.2) is 0 Å². The quantitative estimate of drug-likeness (QED) is 0.688. The van der Waals surface area contributed by atoms with Crippen molar-refractivity contribution < 1.29 is 8.78 Å². The van der Waals surface area contributed by atoms with Crippen molar-refractivity contribution in [3.8, 4) is 0 Å². The molecule has 1 rings (SSSR count). The Bertz CT molecular complexity index is 289. The zero-order valence-electron chi connectivity index (χ0n) is 8.01. The SMILES string of the molecule is CC(C)c1cccc(C(C)(F)F)n1. The van der Waals surface area contributed by atoms with E-state index < -0.39 is 5.92 Å². The highest BCUT2D eigenvalue weighted by atomic mass is 19.3. The summed E-state index contributed by atoms with van der Waals surface area (Å²) in [6, 6.07) is 4.74. The lowest BCUT2D eigenvalue weighted by Crippen LogP contribution is -2.11. The molecule has 0 amide bonds. The smallest absolute Gasteiger partial charge is 0.251 e. The Labute approximate surface area is 76.8 Å². The Morgan fingerprint density at radius 2 is 1.92 bits per heavy atom. The number of aromatic nitrogens is 1. The van der Waals surface area contributed by atoms with E-state index in [1.165, 1.54) is 6.07 Å². The predicted molar refractivity (Wildman–Crippen MR) is 47.9 cm³/mol. The molecule has 0 radical (unpaired) electrons. The zero-order chi connectivity index (χ0) is 10.1. The molecule has 0 N–H and O–H groups in total. The standard InChI is InChI=1S/C10H13F2N/c1-7(2)8-5-4-6-9(13-8)10(3,11)12/h4-7H,1-3H3. The van der Waals surface area contributed by atoms with Gasteiger partial charge in [0.1, 0.15) is 5.69 Å². The van der Waals surface area contributed by atoms with E-state index in [9.17, 15) is 8.78 Å². The molecule has 0 saturated heterocycles. The number of alkyl halides is 2. The monoisotopic (exact) mass is 185 g/mol. The molecule has 1 nitrogen and oxygen atoms in total. The van der Waals surface area contributed by atoms with Gasteiger partial charge in [-0.3, -0.25) is 4.98 Å². The number of halogens is 2. The molecular formula is C10H13F2N. The molecule has 0 unspecified atom stereocenters. The normalized spacial score (nSPS) is 12.2. The van der Waals surface area contributed by atoms with Crippen LogP contribution in [0.25, 0.3) is 0 Å². The van der Waals surface area contributed by atoms with Crippen LogP contribution in [0.15, 0.2) is 18.2 Å². The molecule has 3 heteroatoms. The lowest BCUT2D eigenvalue weighted by molar-refractivity contribution is 0.0125. The second kappa shape index (κ2) is 3.40. The zero-order valence-corrected chi connectivity index (χ0v) is 8.01. The van der Waals surface area contributed by atoms with Gasteiger partial charge in [-0.2, -0.15) is 8.78 Å². The fourth-order valence-corrected chi connectivity index (χ4v) is 1.02. The summed E-state index contributed by atoms with van der Waals surface area (Å²) in [6.07, 6.45) is 0. The van der Waals surface area contributed by atoms with Crippen LogP contribution in [0.3, 0.4) is 0 Å². The van der Waals surface area contributed by atoms with Gasteiger partial charge >= 0.3 is 0 Å². The minimum Gasteiger partial charge on any atom is -0.251 e. The van der Waals surface area contributed by atoms with E-state index >= 15 is 0 Å². The summed E-state index contributed by atoms with van der Waals surface area (Å²) in [5.74, 6) is -2.66. The van der Waals surface area contributed by atoms with Gasteiger partial charge in [0.2, 0.25) is 0 Å². The third kappa shape index (κ3) is 2.47. The summed E-state index contributed by atoms with van der Waals surface area (Å²) in [4.78, 5) is 3.89. The lowest BCUT2D eigenvalue weighted by atomic mass is 10.1. The first kappa shape index (κ1) is 10.1.